The maximum atomic E-state index is 9.25. The highest BCUT2D eigenvalue weighted by molar-refractivity contribution is 5.60. The molecule has 0 radical (unpaired) electrons. The maximum absolute atomic E-state index is 9.25. The molecule has 1 aliphatic heterocycles. The van der Waals surface area contributed by atoms with Crippen molar-refractivity contribution < 1.29 is 5.11 Å². The molecule has 90 valence electrons. The van der Waals surface area contributed by atoms with Crippen LogP contribution in [-0.2, 0) is 0 Å². The molecular formula is C14H18N2O. The highest BCUT2D eigenvalue weighted by atomic mass is 16.3. The van der Waals surface area contributed by atoms with Crippen LogP contribution in [0.5, 0.6) is 0 Å². The van der Waals surface area contributed by atoms with Gasteiger partial charge in [-0.2, -0.15) is 5.26 Å². The van der Waals surface area contributed by atoms with Crippen LogP contribution in [0.4, 0.5) is 5.69 Å². The first-order chi connectivity index (χ1) is 8.24. The number of hydrogen-bond acceptors (Lipinski definition) is 3. The molecule has 1 heterocycles. The van der Waals surface area contributed by atoms with E-state index in [-0.39, 0.29) is 6.61 Å². The summed E-state index contributed by atoms with van der Waals surface area (Å²) >= 11 is 0. The Bertz CT molecular complexity index is 436. The molecule has 0 saturated carbocycles. The molecule has 1 saturated heterocycles. The largest absolute Gasteiger partial charge is 0.396 e. The van der Waals surface area contributed by atoms with Crippen LogP contribution in [0.3, 0.4) is 0 Å². The number of aliphatic hydroxyl groups is 1. The second-order valence-corrected chi connectivity index (χ2v) is 4.77. The van der Waals surface area contributed by atoms with Crippen LogP contribution < -0.4 is 4.90 Å². The molecular weight excluding hydrogens is 212 g/mol. The zero-order valence-corrected chi connectivity index (χ0v) is 10.2. The maximum Gasteiger partial charge on any atom is 0.101 e. The summed E-state index contributed by atoms with van der Waals surface area (Å²) in [4.78, 5) is 2.23. The second-order valence-electron chi connectivity index (χ2n) is 4.77. The van der Waals surface area contributed by atoms with Crippen molar-refractivity contribution in [3.8, 4) is 6.07 Å². The van der Waals surface area contributed by atoms with E-state index in [1.165, 1.54) is 5.56 Å². The first-order valence-electron chi connectivity index (χ1n) is 6.11. The predicted octanol–water partition coefficient (Wildman–Crippen LogP) is 2.08. The number of rotatable bonds is 2. The van der Waals surface area contributed by atoms with Crippen molar-refractivity contribution >= 4 is 5.69 Å². The molecule has 17 heavy (non-hydrogen) atoms. The van der Waals surface area contributed by atoms with Crippen LogP contribution >= 0.6 is 0 Å². The fourth-order valence-corrected chi connectivity index (χ4v) is 2.43. The molecule has 0 bridgehead atoms. The van der Waals surface area contributed by atoms with Crippen LogP contribution in [-0.4, -0.2) is 24.8 Å². The van der Waals surface area contributed by atoms with Crippen molar-refractivity contribution in [2.24, 2.45) is 5.92 Å². The van der Waals surface area contributed by atoms with Gasteiger partial charge in [-0.05, 0) is 43.4 Å². The van der Waals surface area contributed by atoms with Gasteiger partial charge in [-0.25, -0.2) is 0 Å². The fourth-order valence-electron chi connectivity index (χ4n) is 2.43. The minimum Gasteiger partial charge on any atom is -0.396 e. The van der Waals surface area contributed by atoms with Gasteiger partial charge in [0.05, 0.1) is 11.3 Å². The van der Waals surface area contributed by atoms with Gasteiger partial charge in [-0.15, -0.1) is 0 Å². The van der Waals surface area contributed by atoms with E-state index in [1.807, 2.05) is 19.1 Å². The van der Waals surface area contributed by atoms with Gasteiger partial charge < -0.3 is 10.0 Å². The van der Waals surface area contributed by atoms with Crippen molar-refractivity contribution in [1.29, 1.82) is 5.26 Å². The van der Waals surface area contributed by atoms with Crippen molar-refractivity contribution in [2.75, 3.05) is 24.6 Å². The molecule has 0 amide bonds. The third-order valence-electron chi connectivity index (χ3n) is 3.39. The van der Waals surface area contributed by atoms with Gasteiger partial charge >= 0.3 is 0 Å². The van der Waals surface area contributed by atoms with Crippen molar-refractivity contribution in [3.63, 3.8) is 0 Å². The summed E-state index contributed by atoms with van der Waals surface area (Å²) in [6, 6.07) is 8.17. The number of piperidine rings is 1. The molecule has 0 aromatic heterocycles. The summed E-state index contributed by atoms with van der Waals surface area (Å²) in [5.74, 6) is 0.343. The van der Waals surface area contributed by atoms with Crippen LogP contribution in [0.1, 0.15) is 24.0 Å². The van der Waals surface area contributed by atoms with E-state index in [4.69, 9.17) is 5.26 Å². The first-order valence-corrected chi connectivity index (χ1v) is 6.11. The third-order valence-corrected chi connectivity index (χ3v) is 3.39. The van der Waals surface area contributed by atoms with E-state index in [2.05, 4.69) is 17.0 Å². The molecule has 1 fully saturated rings. The van der Waals surface area contributed by atoms with Gasteiger partial charge in [0, 0.05) is 19.7 Å². The number of anilines is 1. The van der Waals surface area contributed by atoms with Gasteiger partial charge in [-0.3, -0.25) is 0 Å². The highest BCUT2D eigenvalue weighted by Crippen LogP contribution is 2.26. The van der Waals surface area contributed by atoms with Crippen LogP contribution in [0, 0.1) is 24.2 Å². The van der Waals surface area contributed by atoms with E-state index in [0.717, 1.165) is 37.2 Å². The number of aliphatic hydroxyl groups excluding tert-OH is 1. The van der Waals surface area contributed by atoms with E-state index < -0.39 is 0 Å². The fraction of sp³-hybridized carbons (Fsp3) is 0.500. The summed E-state index contributed by atoms with van der Waals surface area (Å²) in [7, 11) is 0. The summed E-state index contributed by atoms with van der Waals surface area (Å²) in [5, 5.41) is 18.4. The molecule has 1 unspecified atom stereocenters. The van der Waals surface area contributed by atoms with E-state index in [0.29, 0.717) is 5.92 Å². The first kappa shape index (κ1) is 11.9. The lowest BCUT2D eigenvalue weighted by Gasteiger charge is -2.34. The lowest BCUT2D eigenvalue weighted by Crippen LogP contribution is -2.37. The number of aryl methyl sites for hydroxylation is 1. The Balaban J connectivity index is 2.27. The molecule has 0 aliphatic carbocycles. The smallest absolute Gasteiger partial charge is 0.101 e. The van der Waals surface area contributed by atoms with Gasteiger partial charge in [-0.1, -0.05) is 6.07 Å². The topological polar surface area (TPSA) is 47.3 Å². The normalized spacial score (nSPS) is 20.1. The molecule has 0 spiro atoms. The summed E-state index contributed by atoms with van der Waals surface area (Å²) in [5.41, 5.74) is 2.92. The van der Waals surface area contributed by atoms with Crippen LogP contribution in [0.25, 0.3) is 0 Å². The Morgan fingerprint density at radius 1 is 1.53 bits per heavy atom. The molecule has 1 aromatic carbocycles. The SMILES string of the molecule is Cc1ccc(C#N)c(N2CCCC(CO)C2)c1. The molecule has 1 aromatic rings. The summed E-state index contributed by atoms with van der Waals surface area (Å²) < 4.78 is 0. The molecule has 2 rings (SSSR count). The average molecular weight is 230 g/mol. The van der Waals surface area contributed by atoms with E-state index in [9.17, 15) is 5.11 Å². The van der Waals surface area contributed by atoms with Gasteiger partial charge in [0.2, 0.25) is 0 Å². The lowest BCUT2D eigenvalue weighted by atomic mass is 9.97. The Morgan fingerprint density at radius 2 is 2.35 bits per heavy atom. The molecule has 3 nitrogen and oxygen atoms in total. The summed E-state index contributed by atoms with van der Waals surface area (Å²) in [6.07, 6.45) is 2.17. The molecule has 3 heteroatoms. The highest BCUT2D eigenvalue weighted by Gasteiger charge is 2.21. The zero-order chi connectivity index (χ0) is 12.3. The number of nitriles is 1. The van der Waals surface area contributed by atoms with E-state index in [1.54, 1.807) is 0 Å². The zero-order valence-electron chi connectivity index (χ0n) is 10.2. The lowest BCUT2D eigenvalue weighted by molar-refractivity contribution is 0.208. The Labute approximate surface area is 102 Å². The van der Waals surface area contributed by atoms with Crippen molar-refractivity contribution in [3.05, 3.63) is 29.3 Å². The average Bonchev–Trinajstić information content (AvgIpc) is 2.39. The third kappa shape index (κ3) is 2.59. The monoisotopic (exact) mass is 230 g/mol. The number of hydrogen-bond donors (Lipinski definition) is 1. The summed E-state index contributed by atoms with van der Waals surface area (Å²) in [6.45, 7) is 4.12. The molecule has 1 atom stereocenters. The number of benzene rings is 1. The Hall–Kier alpha value is -1.53. The van der Waals surface area contributed by atoms with Crippen LogP contribution in [0.15, 0.2) is 18.2 Å². The van der Waals surface area contributed by atoms with Gasteiger partial charge in [0.1, 0.15) is 6.07 Å². The van der Waals surface area contributed by atoms with Gasteiger partial charge in [0.15, 0.2) is 0 Å². The number of nitrogens with zero attached hydrogens (tertiary/aromatic N) is 2. The van der Waals surface area contributed by atoms with Crippen LogP contribution in [0.2, 0.25) is 0 Å². The Morgan fingerprint density at radius 3 is 3.06 bits per heavy atom. The Kier molecular flexibility index (Phi) is 3.65. The van der Waals surface area contributed by atoms with E-state index >= 15 is 0 Å². The second kappa shape index (κ2) is 5.20. The minimum atomic E-state index is 0.240. The molecule has 1 aliphatic rings. The minimum absolute atomic E-state index is 0.240. The quantitative estimate of drug-likeness (QED) is 0.846. The van der Waals surface area contributed by atoms with Crippen molar-refractivity contribution in [2.45, 2.75) is 19.8 Å². The van der Waals surface area contributed by atoms with Crippen molar-refractivity contribution in [1.82, 2.24) is 0 Å². The van der Waals surface area contributed by atoms with Gasteiger partial charge in [0.25, 0.3) is 0 Å². The molecule has 1 N–H and O–H groups in total. The predicted molar refractivity (Wildman–Crippen MR) is 67.9 cm³/mol. The standard InChI is InChI=1S/C14H18N2O/c1-11-4-5-13(8-15)14(7-11)16-6-2-3-12(9-16)10-17/h4-5,7,12,17H,2-3,6,9-10H2,1H3.